The molecule has 0 saturated carbocycles. The van der Waals surface area contributed by atoms with E-state index in [2.05, 4.69) is 50.9 Å². The Morgan fingerprint density at radius 2 is 2.00 bits per heavy atom. The van der Waals surface area contributed by atoms with E-state index in [1.165, 1.54) is 44.5 Å². The van der Waals surface area contributed by atoms with E-state index in [9.17, 15) is 0 Å². The highest BCUT2D eigenvalue weighted by Crippen LogP contribution is 2.10. The van der Waals surface area contributed by atoms with Gasteiger partial charge in [-0.05, 0) is 49.9 Å². The molecule has 2 aromatic rings. The number of nitrogens with zero attached hydrogens (tertiary/aromatic N) is 4. The molecule has 0 radical (unpaired) electrons. The van der Waals surface area contributed by atoms with E-state index in [0.717, 1.165) is 24.6 Å². The maximum Gasteiger partial charge on any atom is 0.191 e. The lowest BCUT2D eigenvalue weighted by atomic mass is 10.1. The average molecular weight is 369 g/mol. The van der Waals surface area contributed by atoms with E-state index in [-0.39, 0.29) is 0 Å². The van der Waals surface area contributed by atoms with Crippen LogP contribution < -0.4 is 10.6 Å². The minimum Gasteiger partial charge on any atom is -0.356 e. The van der Waals surface area contributed by atoms with Crippen LogP contribution in [0.3, 0.4) is 0 Å². The molecule has 1 fully saturated rings. The number of para-hydroxylation sites is 1. The fourth-order valence-electron chi connectivity index (χ4n) is 3.54. The number of aliphatic imine (C=N–C) groups is 1. The highest BCUT2D eigenvalue weighted by atomic mass is 15.3. The minimum atomic E-state index is 0.519. The molecule has 0 atom stereocenters. The standard InChI is InChI=1S/C21H32N6/c1-3-13-26-14-10-19(11-15-26)25-21(22-2)23-12-9-18-16-24-27(17-18)20-7-5-4-6-8-20/h4-8,16-17,19H,3,9-15H2,1-2H3,(H2,22,23,25). The van der Waals surface area contributed by atoms with Gasteiger partial charge in [0.05, 0.1) is 11.9 Å². The Morgan fingerprint density at radius 3 is 2.70 bits per heavy atom. The zero-order chi connectivity index (χ0) is 18.9. The SMILES string of the molecule is CCCN1CCC(NC(=NC)NCCc2cnn(-c3ccccc3)c2)CC1. The maximum atomic E-state index is 4.46. The van der Waals surface area contributed by atoms with Gasteiger partial charge in [0, 0.05) is 38.9 Å². The second-order valence-electron chi connectivity index (χ2n) is 7.14. The molecule has 27 heavy (non-hydrogen) atoms. The van der Waals surface area contributed by atoms with E-state index < -0.39 is 0 Å². The van der Waals surface area contributed by atoms with Gasteiger partial charge in [-0.15, -0.1) is 0 Å². The summed E-state index contributed by atoms with van der Waals surface area (Å²) in [6.45, 7) is 6.67. The van der Waals surface area contributed by atoms with Gasteiger partial charge in [-0.3, -0.25) is 4.99 Å². The molecular weight excluding hydrogens is 336 g/mol. The van der Waals surface area contributed by atoms with Crippen molar-refractivity contribution in [3.8, 4) is 5.69 Å². The lowest BCUT2D eigenvalue weighted by Gasteiger charge is -2.32. The van der Waals surface area contributed by atoms with Gasteiger partial charge in [-0.2, -0.15) is 5.10 Å². The van der Waals surface area contributed by atoms with E-state index in [1.54, 1.807) is 0 Å². The van der Waals surface area contributed by atoms with Crippen LogP contribution in [0.5, 0.6) is 0 Å². The number of piperidine rings is 1. The Balaban J connectivity index is 1.41. The number of benzene rings is 1. The third kappa shape index (κ3) is 5.82. The Labute approximate surface area is 162 Å². The van der Waals surface area contributed by atoms with E-state index in [4.69, 9.17) is 0 Å². The van der Waals surface area contributed by atoms with Gasteiger partial charge in [-0.1, -0.05) is 25.1 Å². The molecule has 1 aromatic carbocycles. The number of hydrogen-bond acceptors (Lipinski definition) is 3. The molecule has 6 heteroatoms. The van der Waals surface area contributed by atoms with Crippen LogP contribution in [-0.4, -0.2) is 59.9 Å². The summed E-state index contributed by atoms with van der Waals surface area (Å²) in [5.74, 6) is 0.902. The monoisotopic (exact) mass is 368 g/mol. The van der Waals surface area contributed by atoms with Crippen LogP contribution in [-0.2, 0) is 6.42 Å². The zero-order valence-corrected chi connectivity index (χ0v) is 16.6. The van der Waals surface area contributed by atoms with Crippen LogP contribution in [0.4, 0.5) is 0 Å². The second kappa shape index (κ2) is 10.1. The molecule has 0 bridgehead atoms. The van der Waals surface area contributed by atoms with Crippen LogP contribution in [0.2, 0.25) is 0 Å². The van der Waals surface area contributed by atoms with Crippen molar-refractivity contribution in [3.05, 3.63) is 48.3 Å². The van der Waals surface area contributed by atoms with E-state index >= 15 is 0 Å². The summed E-state index contributed by atoms with van der Waals surface area (Å²) < 4.78 is 1.92. The number of likely N-dealkylation sites (tertiary alicyclic amines) is 1. The molecule has 1 aliphatic heterocycles. The van der Waals surface area contributed by atoms with Crippen molar-refractivity contribution < 1.29 is 0 Å². The van der Waals surface area contributed by atoms with Gasteiger partial charge in [0.15, 0.2) is 5.96 Å². The van der Waals surface area contributed by atoms with Crippen LogP contribution >= 0.6 is 0 Å². The summed E-state index contributed by atoms with van der Waals surface area (Å²) in [5, 5.41) is 11.5. The Hall–Kier alpha value is -2.34. The normalized spacial score (nSPS) is 16.4. The summed E-state index contributed by atoms with van der Waals surface area (Å²) in [4.78, 5) is 6.94. The highest BCUT2D eigenvalue weighted by molar-refractivity contribution is 5.79. The van der Waals surface area contributed by atoms with Crippen LogP contribution in [0, 0.1) is 0 Å². The molecule has 1 saturated heterocycles. The van der Waals surface area contributed by atoms with Crippen LogP contribution in [0.1, 0.15) is 31.7 Å². The highest BCUT2D eigenvalue weighted by Gasteiger charge is 2.19. The molecule has 0 unspecified atom stereocenters. The predicted octanol–water partition coefficient (Wildman–Crippen LogP) is 2.45. The lowest BCUT2D eigenvalue weighted by molar-refractivity contribution is 0.206. The fourth-order valence-corrected chi connectivity index (χ4v) is 3.54. The molecular formula is C21H32N6. The van der Waals surface area contributed by atoms with Crippen molar-refractivity contribution in [2.45, 2.75) is 38.6 Å². The summed E-state index contributed by atoms with van der Waals surface area (Å²) in [5.41, 5.74) is 2.30. The fraction of sp³-hybridized carbons (Fsp3) is 0.524. The van der Waals surface area contributed by atoms with Gasteiger partial charge >= 0.3 is 0 Å². The summed E-state index contributed by atoms with van der Waals surface area (Å²) >= 11 is 0. The number of hydrogen-bond donors (Lipinski definition) is 2. The molecule has 1 aromatic heterocycles. The lowest BCUT2D eigenvalue weighted by Crippen LogP contribution is -2.49. The van der Waals surface area contributed by atoms with E-state index in [1.807, 2.05) is 36.1 Å². The topological polar surface area (TPSA) is 57.5 Å². The molecule has 3 rings (SSSR count). The Kier molecular flexibility index (Phi) is 7.27. The van der Waals surface area contributed by atoms with Crippen molar-refractivity contribution >= 4 is 5.96 Å². The first-order chi connectivity index (χ1) is 13.3. The van der Waals surface area contributed by atoms with Crippen molar-refractivity contribution in [2.24, 2.45) is 4.99 Å². The number of aromatic nitrogens is 2. The first-order valence-corrected chi connectivity index (χ1v) is 10.1. The first-order valence-electron chi connectivity index (χ1n) is 10.1. The number of rotatable bonds is 7. The summed E-state index contributed by atoms with van der Waals surface area (Å²) in [6.07, 6.45) is 8.56. The molecule has 2 heterocycles. The zero-order valence-electron chi connectivity index (χ0n) is 16.6. The number of nitrogens with one attached hydrogen (secondary N) is 2. The molecule has 6 nitrogen and oxygen atoms in total. The van der Waals surface area contributed by atoms with Crippen LogP contribution in [0.15, 0.2) is 47.7 Å². The quantitative estimate of drug-likeness (QED) is 0.582. The minimum absolute atomic E-state index is 0.519. The van der Waals surface area contributed by atoms with Gasteiger partial charge < -0.3 is 15.5 Å². The van der Waals surface area contributed by atoms with Crippen molar-refractivity contribution in [1.29, 1.82) is 0 Å². The third-order valence-corrected chi connectivity index (χ3v) is 5.05. The second-order valence-corrected chi connectivity index (χ2v) is 7.14. The molecule has 0 spiro atoms. The van der Waals surface area contributed by atoms with Crippen molar-refractivity contribution in [1.82, 2.24) is 25.3 Å². The van der Waals surface area contributed by atoms with Crippen LogP contribution in [0.25, 0.3) is 5.69 Å². The van der Waals surface area contributed by atoms with E-state index in [0.29, 0.717) is 6.04 Å². The van der Waals surface area contributed by atoms with Gasteiger partial charge in [0.1, 0.15) is 0 Å². The molecule has 1 aliphatic rings. The largest absolute Gasteiger partial charge is 0.356 e. The summed E-state index contributed by atoms with van der Waals surface area (Å²) in [7, 11) is 1.84. The smallest absolute Gasteiger partial charge is 0.191 e. The molecule has 2 N–H and O–H groups in total. The average Bonchev–Trinajstić information content (AvgIpc) is 3.18. The Bertz CT molecular complexity index is 700. The molecule has 0 aliphatic carbocycles. The maximum absolute atomic E-state index is 4.46. The van der Waals surface area contributed by atoms with Gasteiger partial charge in [0.25, 0.3) is 0 Å². The third-order valence-electron chi connectivity index (χ3n) is 5.05. The van der Waals surface area contributed by atoms with Gasteiger partial charge in [-0.25, -0.2) is 4.68 Å². The Morgan fingerprint density at radius 1 is 1.22 bits per heavy atom. The van der Waals surface area contributed by atoms with Gasteiger partial charge in [0.2, 0.25) is 0 Å². The number of guanidine groups is 1. The van der Waals surface area contributed by atoms with Crippen molar-refractivity contribution in [2.75, 3.05) is 33.2 Å². The predicted molar refractivity (Wildman–Crippen MR) is 112 cm³/mol. The molecule has 146 valence electrons. The molecule has 0 amide bonds. The van der Waals surface area contributed by atoms with Crippen molar-refractivity contribution in [3.63, 3.8) is 0 Å². The summed E-state index contributed by atoms with van der Waals surface area (Å²) in [6, 6.07) is 10.7. The first kappa shape index (κ1) is 19.4.